The Labute approximate surface area is 58.9 Å². The molecular formula is C4H4F4O3. The number of rotatable bonds is 3. The number of halogens is 4. The molecule has 0 amide bonds. The topological polar surface area (TPSA) is 35.5 Å². The van der Waals surface area contributed by atoms with Crippen molar-refractivity contribution in [1.29, 1.82) is 0 Å². The normalized spacial score (nSPS) is 10.4. The van der Waals surface area contributed by atoms with Gasteiger partial charge in [-0.15, -0.1) is 0 Å². The van der Waals surface area contributed by atoms with E-state index in [9.17, 15) is 22.4 Å². The van der Waals surface area contributed by atoms with E-state index in [4.69, 9.17) is 0 Å². The summed E-state index contributed by atoms with van der Waals surface area (Å²) in [7, 11) is 0. The molecule has 0 bridgehead atoms. The van der Waals surface area contributed by atoms with E-state index < -0.39 is 25.8 Å². The van der Waals surface area contributed by atoms with Gasteiger partial charge in [-0.3, -0.25) is 0 Å². The molecule has 0 heterocycles. The zero-order chi connectivity index (χ0) is 8.85. The third-order valence-electron chi connectivity index (χ3n) is 0.512. The van der Waals surface area contributed by atoms with Crippen LogP contribution in [0.25, 0.3) is 0 Å². The number of hydrogen-bond donors (Lipinski definition) is 0. The van der Waals surface area contributed by atoms with Gasteiger partial charge in [-0.1, -0.05) is 0 Å². The lowest BCUT2D eigenvalue weighted by Crippen LogP contribution is -2.15. The second kappa shape index (κ2) is 4.75. The fraction of sp³-hybridized carbons (Fsp3) is 0.750. The summed E-state index contributed by atoms with van der Waals surface area (Å²) in [5.41, 5.74) is 0. The summed E-state index contributed by atoms with van der Waals surface area (Å²) in [6.45, 7) is -4.59. The highest BCUT2D eigenvalue weighted by atomic mass is 19.3. The Morgan fingerprint density at radius 3 is 2.18 bits per heavy atom. The lowest BCUT2D eigenvalue weighted by atomic mass is 10.8. The van der Waals surface area contributed by atoms with E-state index in [0.717, 1.165) is 0 Å². The van der Waals surface area contributed by atoms with Crippen molar-refractivity contribution in [3.63, 3.8) is 0 Å². The van der Waals surface area contributed by atoms with Gasteiger partial charge in [0.05, 0.1) is 0 Å². The average molecular weight is 176 g/mol. The molecule has 66 valence electrons. The highest BCUT2D eigenvalue weighted by Gasteiger charge is 2.13. The number of ether oxygens (including phenoxy) is 2. The van der Waals surface area contributed by atoms with Crippen LogP contribution in [0.15, 0.2) is 0 Å². The van der Waals surface area contributed by atoms with Crippen LogP contribution in [-0.2, 0) is 9.47 Å². The molecule has 0 radical (unpaired) electrons. The summed E-state index contributed by atoms with van der Waals surface area (Å²) >= 11 is 0. The lowest BCUT2D eigenvalue weighted by Gasteiger charge is -2.03. The molecule has 0 N–H and O–H groups in total. The summed E-state index contributed by atoms with van der Waals surface area (Å²) < 4.78 is 51.2. The van der Waals surface area contributed by atoms with Gasteiger partial charge in [-0.25, -0.2) is 13.6 Å². The zero-order valence-electron chi connectivity index (χ0n) is 5.10. The SMILES string of the molecule is O=C(OCC(F)F)OC(F)F. The van der Waals surface area contributed by atoms with Crippen LogP contribution >= 0.6 is 0 Å². The van der Waals surface area contributed by atoms with Gasteiger partial charge in [0.25, 0.3) is 6.43 Å². The Bertz CT molecular complexity index is 127. The van der Waals surface area contributed by atoms with Gasteiger partial charge in [0.1, 0.15) is 0 Å². The smallest absolute Gasteiger partial charge is 0.428 e. The van der Waals surface area contributed by atoms with Crippen LogP contribution < -0.4 is 0 Å². The minimum Gasteiger partial charge on any atom is -0.428 e. The van der Waals surface area contributed by atoms with Crippen molar-refractivity contribution in [3.05, 3.63) is 0 Å². The van der Waals surface area contributed by atoms with Gasteiger partial charge in [-0.05, 0) is 0 Å². The van der Waals surface area contributed by atoms with Crippen LogP contribution in [0.4, 0.5) is 22.4 Å². The molecule has 11 heavy (non-hydrogen) atoms. The van der Waals surface area contributed by atoms with Crippen molar-refractivity contribution in [2.24, 2.45) is 0 Å². The van der Waals surface area contributed by atoms with E-state index in [1.807, 2.05) is 0 Å². The Morgan fingerprint density at radius 1 is 1.27 bits per heavy atom. The standard InChI is InChI=1S/C4H4F4O3/c5-2(6)1-10-4(9)11-3(7)8/h2-3H,1H2. The van der Waals surface area contributed by atoms with Crippen molar-refractivity contribution in [1.82, 2.24) is 0 Å². The molecule has 0 aliphatic rings. The first kappa shape index (κ1) is 9.99. The first-order valence-electron chi connectivity index (χ1n) is 2.42. The molecule has 0 spiro atoms. The number of carbonyl (C=O) groups excluding carboxylic acids is 1. The van der Waals surface area contributed by atoms with E-state index in [1.165, 1.54) is 0 Å². The molecule has 0 aromatic carbocycles. The second-order valence-corrected chi connectivity index (χ2v) is 1.33. The minimum absolute atomic E-state index is 1.24. The first-order chi connectivity index (χ1) is 5.02. The van der Waals surface area contributed by atoms with E-state index in [1.54, 1.807) is 0 Å². The Hall–Kier alpha value is -1.01. The highest BCUT2D eigenvalue weighted by Crippen LogP contribution is 1.99. The second-order valence-electron chi connectivity index (χ2n) is 1.33. The predicted octanol–water partition coefficient (Wildman–Crippen LogP) is 1.63. The average Bonchev–Trinajstić information content (AvgIpc) is 1.82. The third kappa shape index (κ3) is 6.88. The maximum atomic E-state index is 11.2. The van der Waals surface area contributed by atoms with Crippen LogP contribution in [0.2, 0.25) is 0 Å². The fourth-order valence-corrected chi connectivity index (χ4v) is 0.238. The van der Waals surface area contributed by atoms with Crippen LogP contribution in [0.3, 0.4) is 0 Å². The molecule has 0 saturated heterocycles. The monoisotopic (exact) mass is 176 g/mol. The molecule has 0 saturated carbocycles. The van der Waals surface area contributed by atoms with Crippen molar-refractivity contribution in [3.8, 4) is 0 Å². The lowest BCUT2D eigenvalue weighted by molar-refractivity contribution is -0.111. The summed E-state index contributed by atoms with van der Waals surface area (Å²) in [4.78, 5) is 9.90. The predicted molar refractivity (Wildman–Crippen MR) is 24.4 cm³/mol. The molecule has 0 rings (SSSR count). The number of hydrogen-bond acceptors (Lipinski definition) is 3. The molecule has 0 atom stereocenters. The molecule has 0 unspecified atom stereocenters. The molecule has 7 heteroatoms. The van der Waals surface area contributed by atoms with Crippen molar-refractivity contribution in [2.45, 2.75) is 13.0 Å². The Balaban J connectivity index is 3.38. The van der Waals surface area contributed by atoms with Gasteiger partial charge < -0.3 is 9.47 Å². The van der Waals surface area contributed by atoms with Crippen LogP contribution in [0.5, 0.6) is 0 Å². The van der Waals surface area contributed by atoms with Crippen LogP contribution in [-0.4, -0.2) is 25.8 Å². The number of alkyl halides is 4. The molecule has 0 aliphatic heterocycles. The fourth-order valence-electron chi connectivity index (χ4n) is 0.238. The molecule has 3 nitrogen and oxygen atoms in total. The van der Waals surface area contributed by atoms with E-state index in [2.05, 4.69) is 9.47 Å². The van der Waals surface area contributed by atoms with Gasteiger partial charge in [0.2, 0.25) is 0 Å². The zero-order valence-corrected chi connectivity index (χ0v) is 5.10. The quantitative estimate of drug-likeness (QED) is 0.484. The van der Waals surface area contributed by atoms with E-state index >= 15 is 0 Å². The summed E-state index contributed by atoms with van der Waals surface area (Å²) in [6.07, 6.45) is -4.69. The summed E-state index contributed by atoms with van der Waals surface area (Å²) in [5, 5.41) is 0. The maximum absolute atomic E-state index is 11.2. The summed E-state index contributed by atoms with van der Waals surface area (Å²) in [6, 6.07) is 0. The minimum atomic E-state index is -3.35. The molecule has 0 aromatic heterocycles. The Morgan fingerprint density at radius 2 is 1.82 bits per heavy atom. The molecule has 0 aliphatic carbocycles. The van der Waals surface area contributed by atoms with Crippen molar-refractivity contribution < 1.29 is 31.8 Å². The van der Waals surface area contributed by atoms with Crippen LogP contribution in [0, 0.1) is 0 Å². The largest absolute Gasteiger partial charge is 0.512 e. The number of carbonyl (C=O) groups is 1. The van der Waals surface area contributed by atoms with Gasteiger partial charge in [0, 0.05) is 0 Å². The van der Waals surface area contributed by atoms with E-state index in [0.29, 0.717) is 0 Å². The molecular weight excluding hydrogens is 172 g/mol. The van der Waals surface area contributed by atoms with Crippen molar-refractivity contribution >= 4 is 6.16 Å². The molecule has 0 aromatic rings. The van der Waals surface area contributed by atoms with Gasteiger partial charge in [-0.2, -0.15) is 8.78 Å². The third-order valence-corrected chi connectivity index (χ3v) is 0.512. The van der Waals surface area contributed by atoms with Crippen LogP contribution in [0.1, 0.15) is 0 Å². The van der Waals surface area contributed by atoms with E-state index in [-0.39, 0.29) is 0 Å². The van der Waals surface area contributed by atoms with Crippen molar-refractivity contribution in [2.75, 3.05) is 6.61 Å². The van der Waals surface area contributed by atoms with Gasteiger partial charge >= 0.3 is 12.8 Å². The maximum Gasteiger partial charge on any atom is 0.512 e. The summed E-state index contributed by atoms with van der Waals surface area (Å²) in [5.74, 6) is 0. The van der Waals surface area contributed by atoms with Gasteiger partial charge in [0.15, 0.2) is 6.61 Å². The first-order valence-corrected chi connectivity index (χ1v) is 2.42. The molecule has 0 fully saturated rings. The highest BCUT2D eigenvalue weighted by molar-refractivity contribution is 5.59. The Kier molecular flexibility index (Phi) is 4.32.